The molecule has 164 valence electrons. The van der Waals surface area contributed by atoms with Crippen molar-refractivity contribution in [1.82, 2.24) is 30.1 Å². The van der Waals surface area contributed by atoms with Gasteiger partial charge in [-0.15, -0.1) is 0 Å². The van der Waals surface area contributed by atoms with Gasteiger partial charge < -0.3 is 9.72 Å². The summed E-state index contributed by atoms with van der Waals surface area (Å²) in [6.07, 6.45) is 5.25. The minimum Gasteiger partial charge on any atom is -0.493 e. The number of hydrogen-bond acceptors (Lipinski definition) is 5. The summed E-state index contributed by atoms with van der Waals surface area (Å²) in [6.45, 7) is 8.97. The molecule has 0 saturated carbocycles. The number of imidazole rings is 1. The van der Waals surface area contributed by atoms with E-state index in [-0.39, 0.29) is 0 Å². The molecule has 32 heavy (non-hydrogen) atoms. The highest BCUT2D eigenvalue weighted by atomic mass is 16.5. The molecule has 0 aliphatic carbocycles. The standard InChI is InChI=1S/C19H22N2O.C6H6N4/c1-4-10-22-19-9-7-15(11-14(19)5-2)16-6-8-17-18(12-16)21-13(3)20-17;1-4-5-2-9-10-6(5)8-3-7-4/h6-9,11-12H,4-5,10H2,1-3H3,(H,20,21);2-3H,1H3,(H,7,8,9,10). The van der Waals surface area contributed by atoms with Crippen molar-refractivity contribution in [1.29, 1.82) is 0 Å². The van der Waals surface area contributed by atoms with E-state index in [0.717, 1.165) is 58.8 Å². The zero-order chi connectivity index (χ0) is 22.5. The molecular weight excluding hydrogens is 400 g/mol. The second-order valence-electron chi connectivity index (χ2n) is 7.67. The summed E-state index contributed by atoms with van der Waals surface area (Å²) in [5, 5.41) is 7.58. The van der Waals surface area contributed by atoms with Crippen LogP contribution in [0.1, 0.15) is 37.4 Å². The molecule has 0 aliphatic rings. The Bertz CT molecular complexity index is 1340. The van der Waals surface area contributed by atoms with Crippen molar-refractivity contribution in [3.05, 3.63) is 66.0 Å². The maximum Gasteiger partial charge on any atom is 0.158 e. The second-order valence-corrected chi connectivity index (χ2v) is 7.67. The number of rotatable bonds is 5. The summed E-state index contributed by atoms with van der Waals surface area (Å²) in [6, 6.07) is 12.8. The van der Waals surface area contributed by atoms with Crippen LogP contribution in [0.15, 0.2) is 48.9 Å². The molecule has 0 radical (unpaired) electrons. The van der Waals surface area contributed by atoms with E-state index >= 15 is 0 Å². The maximum atomic E-state index is 5.83. The highest BCUT2D eigenvalue weighted by Gasteiger charge is 2.07. The molecule has 2 N–H and O–H groups in total. The van der Waals surface area contributed by atoms with Crippen LogP contribution in [-0.2, 0) is 6.42 Å². The van der Waals surface area contributed by atoms with Gasteiger partial charge in [0, 0.05) is 0 Å². The molecule has 0 aliphatic heterocycles. The Morgan fingerprint density at radius 1 is 0.969 bits per heavy atom. The summed E-state index contributed by atoms with van der Waals surface area (Å²) in [5.74, 6) is 1.95. The van der Waals surface area contributed by atoms with Gasteiger partial charge in [-0.2, -0.15) is 5.10 Å². The van der Waals surface area contributed by atoms with E-state index in [4.69, 9.17) is 4.74 Å². The first kappa shape index (κ1) is 21.5. The summed E-state index contributed by atoms with van der Waals surface area (Å²) < 4.78 is 5.83. The lowest BCUT2D eigenvalue weighted by Crippen LogP contribution is -1.98. The van der Waals surface area contributed by atoms with Crippen LogP contribution >= 0.6 is 0 Å². The Hall–Kier alpha value is -3.74. The Kier molecular flexibility index (Phi) is 6.44. The normalized spacial score (nSPS) is 10.9. The maximum absolute atomic E-state index is 5.83. The Morgan fingerprint density at radius 2 is 1.78 bits per heavy atom. The van der Waals surface area contributed by atoms with Crippen molar-refractivity contribution in [2.75, 3.05) is 6.61 Å². The number of aromatic nitrogens is 6. The van der Waals surface area contributed by atoms with E-state index in [0.29, 0.717) is 0 Å². The van der Waals surface area contributed by atoms with Gasteiger partial charge in [0.05, 0.1) is 34.9 Å². The summed E-state index contributed by atoms with van der Waals surface area (Å²) in [5.41, 5.74) is 7.53. The molecule has 0 saturated heterocycles. The summed E-state index contributed by atoms with van der Waals surface area (Å²) in [7, 11) is 0. The fourth-order valence-electron chi connectivity index (χ4n) is 3.59. The van der Waals surface area contributed by atoms with E-state index in [1.54, 1.807) is 6.20 Å². The van der Waals surface area contributed by atoms with Gasteiger partial charge in [0.2, 0.25) is 0 Å². The van der Waals surface area contributed by atoms with E-state index in [1.165, 1.54) is 23.0 Å². The van der Waals surface area contributed by atoms with Crippen LogP contribution in [0.2, 0.25) is 0 Å². The Morgan fingerprint density at radius 3 is 2.56 bits per heavy atom. The van der Waals surface area contributed by atoms with Gasteiger partial charge in [-0.3, -0.25) is 5.10 Å². The van der Waals surface area contributed by atoms with E-state index in [9.17, 15) is 0 Å². The molecule has 5 rings (SSSR count). The van der Waals surface area contributed by atoms with Gasteiger partial charge in [-0.25, -0.2) is 15.0 Å². The van der Waals surface area contributed by atoms with Crippen molar-refractivity contribution in [2.24, 2.45) is 0 Å². The van der Waals surface area contributed by atoms with Gasteiger partial charge in [0.15, 0.2) is 5.65 Å². The lowest BCUT2D eigenvalue weighted by atomic mass is 10.0. The van der Waals surface area contributed by atoms with Crippen LogP contribution in [0.3, 0.4) is 0 Å². The highest BCUT2D eigenvalue weighted by Crippen LogP contribution is 2.29. The van der Waals surface area contributed by atoms with Crippen molar-refractivity contribution >= 4 is 22.1 Å². The molecule has 2 aromatic carbocycles. The zero-order valence-corrected chi connectivity index (χ0v) is 18.9. The monoisotopic (exact) mass is 428 g/mol. The van der Waals surface area contributed by atoms with E-state index < -0.39 is 0 Å². The van der Waals surface area contributed by atoms with Crippen LogP contribution < -0.4 is 4.74 Å². The number of aromatic amines is 2. The third kappa shape index (κ3) is 4.61. The van der Waals surface area contributed by atoms with Crippen LogP contribution in [-0.4, -0.2) is 36.7 Å². The van der Waals surface area contributed by atoms with Gasteiger partial charge in [0.25, 0.3) is 0 Å². The Labute approximate surface area is 187 Å². The fraction of sp³-hybridized carbons (Fsp3) is 0.280. The number of nitrogens with zero attached hydrogens (tertiary/aromatic N) is 4. The topological polar surface area (TPSA) is 92.4 Å². The minimum absolute atomic E-state index is 0.770. The SMILES string of the molecule is CCCOc1ccc(-c2ccc3nc(C)[nH]c3c2)cc1CC.Cc1ncnc2[nH]ncc12. The highest BCUT2D eigenvalue weighted by molar-refractivity contribution is 5.82. The summed E-state index contributed by atoms with van der Waals surface area (Å²) >= 11 is 0. The molecule has 5 aromatic rings. The number of hydrogen-bond donors (Lipinski definition) is 2. The van der Waals surface area contributed by atoms with Gasteiger partial charge in [-0.05, 0) is 67.6 Å². The number of benzene rings is 2. The van der Waals surface area contributed by atoms with Crippen LogP contribution in [0, 0.1) is 13.8 Å². The molecule has 0 spiro atoms. The average Bonchev–Trinajstić information content (AvgIpc) is 3.44. The smallest absolute Gasteiger partial charge is 0.158 e. The lowest BCUT2D eigenvalue weighted by molar-refractivity contribution is 0.314. The molecule has 7 heteroatoms. The largest absolute Gasteiger partial charge is 0.493 e. The predicted molar refractivity (Wildman–Crippen MR) is 128 cm³/mol. The predicted octanol–water partition coefficient (Wildman–Crippen LogP) is 5.55. The lowest BCUT2D eigenvalue weighted by Gasteiger charge is -2.12. The van der Waals surface area contributed by atoms with Gasteiger partial charge in [0.1, 0.15) is 17.9 Å². The fourth-order valence-corrected chi connectivity index (χ4v) is 3.59. The third-order valence-corrected chi connectivity index (χ3v) is 5.28. The number of fused-ring (bicyclic) bond motifs is 2. The third-order valence-electron chi connectivity index (χ3n) is 5.28. The van der Waals surface area contributed by atoms with Crippen molar-refractivity contribution in [3.63, 3.8) is 0 Å². The first-order chi connectivity index (χ1) is 15.6. The number of H-pyrrole nitrogens is 2. The van der Waals surface area contributed by atoms with E-state index in [2.05, 4.69) is 80.4 Å². The van der Waals surface area contributed by atoms with Gasteiger partial charge >= 0.3 is 0 Å². The van der Waals surface area contributed by atoms with Crippen LogP contribution in [0.5, 0.6) is 5.75 Å². The molecule has 3 heterocycles. The van der Waals surface area contributed by atoms with Crippen molar-refractivity contribution in [3.8, 4) is 16.9 Å². The van der Waals surface area contributed by atoms with Crippen LogP contribution in [0.4, 0.5) is 0 Å². The summed E-state index contributed by atoms with van der Waals surface area (Å²) in [4.78, 5) is 15.7. The molecule has 0 bridgehead atoms. The molecule has 7 nitrogen and oxygen atoms in total. The van der Waals surface area contributed by atoms with Crippen molar-refractivity contribution < 1.29 is 4.74 Å². The molecule has 0 amide bonds. The van der Waals surface area contributed by atoms with Crippen LogP contribution in [0.25, 0.3) is 33.2 Å². The molecule has 0 fully saturated rings. The minimum atomic E-state index is 0.770. The first-order valence-corrected chi connectivity index (χ1v) is 10.9. The van der Waals surface area contributed by atoms with Crippen molar-refractivity contribution in [2.45, 2.75) is 40.5 Å². The number of aryl methyl sites for hydroxylation is 3. The number of nitrogens with one attached hydrogen (secondary N) is 2. The molecule has 0 unspecified atom stereocenters. The second kappa shape index (κ2) is 9.60. The molecule has 3 aromatic heterocycles. The van der Waals surface area contributed by atoms with Gasteiger partial charge in [-0.1, -0.05) is 26.0 Å². The molecular formula is C25H28N6O. The number of ether oxygens (including phenoxy) is 1. The molecule has 0 atom stereocenters. The van der Waals surface area contributed by atoms with E-state index in [1.807, 2.05) is 13.8 Å². The first-order valence-electron chi connectivity index (χ1n) is 10.9. The average molecular weight is 429 g/mol. The Balaban J connectivity index is 0.000000203. The quantitative estimate of drug-likeness (QED) is 0.383. The zero-order valence-electron chi connectivity index (χ0n) is 18.9.